The summed E-state index contributed by atoms with van der Waals surface area (Å²) in [6.07, 6.45) is 5.11. The highest BCUT2D eigenvalue weighted by atomic mass is 79.9. The molecule has 3 heterocycles. The summed E-state index contributed by atoms with van der Waals surface area (Å²) in [6.45, 7) is 6.92. The number of benzene rings is 1. The molecule has 2 fully saturated rings. The summed E-state index contributed by atoms with van der Waals surface area (Å²) in [7, 11) is 0. The molecule has 0 N–H and O–H groups in total. The molecule has 0 saturated carbocycles. The van der Waals surface area contributed by atoms with Crippen LogP contribution < -0.4 is 4.74 Å². The van der Waals surface area contributed by atoms with Gasteiger partial charge in [0.2, 0.25) is 0 Å². The summed E-state index contributed by atoms with van der Waals surface area (Å²) in [5.41, 5.74) is 2.74. The molecular formula is C17H23BrN2O. The molecule has 0 aromatic heterocycles. The second-order valence-electron chi connectivity index (χ2n) is 6.57. The van der Waals surface area contributed by atoms with Crippen LogP contribution in [0.1, 0.15) is 30.4 Å². The van der Waals surface area contributed by atoms with Crippen LogP contribution in [0.4, 0.5) is 0 Å². The number of fused-ring (bicyclic) bond motifs is 2. The van der Waals surface area contributed by atoms with E-state index in [1.807, 2.05) is 0 Å². The van der Waals surface area contributed by atoms with Crippen LogP contribution in [0.3, 0.4) is 0 Å². The Morgan fingerprint density at radius 2 is 2.10 bits per heavy atom. The smallest absolute Gasteiger partial charge is 0.127 e. The molecule has 1 atom stereocenters. The third kappa shape index (κ3) is 2.86. The van der Waals surface area contributed by atoms with Gasteiger partial charge in [-0.1, -0.05) is 15.9 Å². The van der Waals surface area contributed by atoms with Crippen LogP contribution in [0.25, 0.3) is 0 Å². The first-order valence-electron chi connectivity index (χ1n) is 8.20. The van der Waals surface area contributed by atoms with Gasteiger partial charge in [-0.2, -0.15) is 0 Å². The fourth-order valence-corrected chi connectivity index (χ4v) is 4.68. The van der Waals surface area contributed by atoms with Crippen molar-refractivity contribution in [2.45, 2.75) is 38.3 Å². The molecule has 4 rings (SSSR count). The molecule has 1 unspecified atom stereocenters. The van der Waals surface area contributed by atoms with Crippen molar-refractivity contribution in [2.24, 2.45) is 0 Å². The number of hydrogen-bond acceptors (Lipinski definition) is 3. The zero-order valence-corrected chi connectivity index (χ0v) is 14.1. The highest BCUT2D eigenvalue weighted by Crippen LogP contribution is 2.34. The van der Waals surface area contributed by atoms with Crippen LogP contribution in [0.5, 0.6) is 5.75 Å². The molecule has 21 heavy (non-hydrogen) atoms. The third-order valence-electron chi connectivity index (χ3n) is 5.11. The van der Waals surface area contributed by atoms with E-state index < -0.39 is 0 Å². The molecule has 3 aliphatic heterocycles. The van der Waals surface area contributed by atoms with E-state index in [4.69, 9.17) is 4.74 Å². The molecule has 0 bridgehead atoms. The molecule has 2 saturated heterocycles. The molecular weight excluding hydrogens is 328 g/mol. The predicted octanol–water partition coefficient (Wildman–Crippen LogP) is 3.05. The first-order chi connectivity index (χ1) is 10.3. The maximum atomic E-state index is 5.89. The van der Waals surface area contributed by atoms with Crippen molar-refractivity contribution < 1.29 is 4.74 Å². The maximum Gasteiger partial charge on any atom is 0.127 e. The Morgan fingerprint density at radius 3 is 3.05 bits per heavy atom. The number of ether oxygens (including phenoxy) is 1. The van der Waals surface area contributed by atoms with Gasteiger partial charge in [0.1, 0.15) is 5.75 Å². The SMILES string of the molecule is Brc1cc2c(c(CN3CCCN4CCCC4C3)c1)OCC2. The first-order valence-corrected chi connectivity index (χ1v) is 8.99. The molecule has 0 aliphatic carbocycles. The van der Waals surface area contributed by atoms with Gasteiger partial charge in [-0.05, 0) is 56.6 Å². The Morgan fingerprint density at radius 1 is 1.19 bits per heavy atom. The minimum Gasteiger partial charge on any atom is -0.493 e. The number of halogens is 1. The standard InChI is InChI=1S/C17H23BrN2O/c18-15-9-13-4-8-21-17(13)14(10-15)11-19-5-2-7-20-6-1-3-16(20)12-19/h9-10,16H,1-8,11-12H2. The maximum absolute atomic E-state index is 5.89. The van der Waals surface area contributed by atoms with Gasteiger partial charge in [0.25, 0.3) is 0 Å². The van der Waals surface area contributed by atoms with Crippen molar-refractivity contribution in [1.29, 1.82) is 0 Å². The zero-order chi connectivity index (χ0) is 14.2. The molecule has 0 spiro atoms. The van der Waals surface area contributed by atoms with Crippen molar-refractivity contribution in [3.05, 3.63) is 27.7 Å². The lowest BCUT2D eigenvalue weighted by Gasteiger charge is -2.26. The van der Waals surface area contributed by atoms with Crippen LogP contribution in [0.15, 0.2) is 16.6 Å². The molecule has 0 amide bonds. The number of nitrogens with zero attached hydrogens (tertiary/aromatic N) is 2. The van der Waals surface area contributed by atoms with E-state index >= 15 is 0 Å². The Bertz CT molecular complexity index is 534. The highest BCUT2D eigenvalue weighted by molar-refractivity contribution is 9.10. The lowest BCUT2D eigenvalue weighted by Crippen LogP contribution is -2.36. The Kier molecular flexibility index (Phi) is 3.94. The van der Waals surface area contributed by atoms with Crippen LogP contribution in [0, 0.1) is 0 Å². The normalized spacial score (nSPS) is 26.2. The van der Waals surface area contributed by atoms with E-state index in [0.29, 0.717) is 0 Å². The van der Waals surface area contributed by atoms with E-state index in [1.165, 1.54) is 61.0 Å². The molecule has 3 nitrogen and oxygen atoms in total. The third-order valence-corrected chi connectivity index (χ3v) is 5.56. The quantitative estimate of drug-likeness (QED) is 0.815. The Labute approximate surface area is 135 Å². The van der Waals surface area contributed by atoms with Gasteiger partial charge in [0.05, 0.1) is 6.61 Å². The molecule has 1 aromatic carbocycles. The minimum absolute atomic E-state index is 0.786. The zero-order valence-electron chi connectivity index (χ0n) is 12.5. The van der Waals surface area contributed by atoms with E-state index in [0.717, 1.165) is 31.4 Å². The summed E-state index contributed by atoms with van der Waals surface area (Å²) in [5, 5.41) is 0. The van der Waals surface area contributed by atoms with Gasteiger partial charge in [-0.15, -0.1) is 0 Å². The summed E-state index contributed by atoms with van der Waals surface area (Å²) in [5.74, 6) is 1.16. The second-order valence-corrected chi connectivity index (χ2v) is 7.49. The average Bonchev–Trinajstić information content (AvgIpc) is 3.05. The lowest BCUT2D eigenvalue weighted by atomic mass is 10.1. The van der Waals surface area contributed by atoms with Crippen molar-refractivity contribution in [3.63, 3.8) is 0 Å². The summed E-state index contributed by atoms with van der Waals surface area (Å²) < 4.78 is 7.08. The molecule has 0 radical (unpaired) electrons. The number of hydrogen-bond donors (Lipinski definition) is 0. The number of rotatable bonds is 2. The van der Waals surface area contributed by atoms with Crippen molar-refractivity contribution in [3.8, 4) is 5.75 Å². The van der Waals surface area contributed by atoms with Gasteiger partial charge in [-0.3, -0.25) is 9.80 Å². The minimum atomic E-state index is 0.786. The van der Waals surface area contributed by atoms with E-state index in [9.17, 15) is 0 Å². The van der Waals surface area contributed by atoms with Crippen molar-refractivity contribution in [2.75, 3.05) is 32.8 Å². The molecule has 4 heteroatoms. The fraction of sp³-hybridized carbons (Fsp3) is 0.647. The Balaban J connectivity index is 1.53. The first kappa shape index (κ1) is 14.0. The van der Waals surface area contributed by atoms with Crippen molar-refractivity contribution in [1.82, 2.24) is 9.80 Å². The van der Waals surface area contributed by atoms with Crippen molar-refractivity contribution >= 4 is 15.9 Å². The summed E-state index contributed by atoms with van der Waals surface area (Å²) in [6, 6.07) is 5.25. The largest absolute Gasteiger partial charge is 0.493 e. The second kappa shape index (κ2) is 5.90. The molecule has 3 aliphatic rings. The van der Waals surface area contributed by atoms with Crippen LogP contribution >= 0.6 is 15.9 Å². The van der Waals surface area contributed by atoms with E-state index in [1.54, 1.807) is 0 Å². The monoisotopic (exact) mass is 350 g/mol. The van der Waals surface area contributed by atoms with Crippen LogP contribution in [-0.4, -0.2) is 48.6 Å². The fourth-order valence-electron chi connectivity index (χ4n) is 4.13. The van der Waals surface area contributed by atoms with Gasteiger partial charge in [0, 0.05) is 35.6 Å². The summed E-state index contributed by atoms with van der Waals surface area (Å²) in [4.78, 5) is 5.33. The van der Waals surface area contributed by atoms with Crippen LogP contribution in [0.2, 0.25) is 0 Å². The Hall–Kier alpha value is -0.580. The van der Waals surface area contributed by atoms with Gasteiger partial charge in [-0.25, -0.2) is 0 Å². The topological polar surface area (TPSA) is 15.7 Å². The summed E-state index contributed by atoms with van der Waals surface area (Å²) >= 11 is 3.66. The van der Waals surface area contributed by atoms with Gasteiger partial charge in [0.15, 0.2) is 0 Å². The average molecular weight is 351 g/mol. The van der Waals surface area contributed by atoms with Gasteiger partial charge < -0.3 is 4.74 Å². The van der Waals surface area contributed by atoms with E-state index in [-0.39, 0.29) is 0 Å². The van der Waals surface area contributed by atoms with E-state index in [2.05, 4.69) is 37.9 Å². The molecule has 114 valence electrons. The molecule has 1 aromatic rings. The predicted molar refractivity (Wildman–Crippen MR) is 87.8 cm³/mol. The highest BCUT2D eigenvalue weighted by Gasteiger charge is 2.29. The lowest BCUT2D eigenvalue weighted by molar-refractivity contribution is 0.213. The van der Waals surface area contributed by atoms with Gasteiger partial charge >= 0.3 is 0 Å². The van der Waals surface area contributed by atoms with Crippen LogP contribution in [-0.2, 0) is 13.0 Å².